The summed E-state index contributed by atoms with van der Waals surface area (Å²) in [7, 11) is 0. The van der Waals surface area contributed by atoms with Crippen molar-refractivity contribution in [2.45, 2.75) is 39.6 Å². The molecule has 0 heterocycles. The lowest BCUT2D eigenvalue weighted by Crippen LogP contribution is -2.24. The minimum Gasteiger partial charge on any atom is -0.405 e. The number of alkyl halides is 3. The Hall–Kier alpha value is -0.910. The van der Waals surface area contributed by atoms with Crippen LogP contribution < -0.4 is 10.1 Å². The lowest BCUT2D eigenvalue weighted by molar-refractivity contribution is -0.274. The zero-order valence-corrected chi connectivity index (χ0v) is 12.6. The minimum atomic E-state index is -4.68. The highest BCUT2D eigenvalue weighted by molar-refractivity contribution is 9.10. The predicted molar refractivity (Wildman–Crippen MR) is 73.4 cm³/mol. The van der Waals surface area contributed by atoms with Crippen LogP contribution in [-0.2, 0) is 0 Å². The van der Waals surface area contributed by atoms with Gasteiger partial charge >= 0.3 is 6.36 Å². The topological polar surface area (TPSA) is 21.3 Å². The first-order valence-electron chi connectivity index (χ1n) is 6.04. The molecule has 6 heteroatoms. The summed E-state index contributed by atoms with van der Waals surface area (Å²) in [6.45, 7) is 6.25. The molecule has 0 saturated heterocycles. The number of benzene rings is 1. The molecule has 1 unspecified atom stereocenters. The fourth-order valence-corrected chi connectivity index (χ4v) is 2.21. The van der Waals surface area contributed by atoms with E-state index >= 15 is 0 Å². The Morgan fingerprint density at radius 1 is 1.32 bits per heavy atom. The van der Waals surface area contributed by atoms with Gasteiger partial charge in [0.2, 0.25) is 0 Å². The molecule has 0 aromatic heterocycles. The molecule has 0 saturated carbocycles. The highest BCUT2D eigenvalue weighted by Gasteiger charge is 2.31. The molecule has 1 aromatic carbocycles. The van der Waals surface area contributed by atoms with Crippen LogP contribution in [0.3, 0.4) is 0 Å². The third-order valence-electron chi connectivity index (χ3n) is 2.75. The van der Waals surface area contributed by atoms with Crippen molar-refractivity contribution < 1.29 is 17.9 Å². The van der Waals surface area contributed by atoms with E-state index in [0.29, 0.717) is 5.92 Å². The molecule has 0 aliphatic carbocycles. The normalized spacial score (nSPS) is 13.5. The van der Waals surface area contributed by atoms with E-state index in [-0.39, 0.29) is 16.3 Å². The molecule has 0 aliphatic heterocycles. The van der Waals surface area contributed by atoms with E-state index in [1.165, 1.54) is 6.07 Å². The molecule has 0 bridgehead atoms. The average Bonchev–Trinajstić information content (AvgIpc) is 2.27. The standard InChI is InChI=1S/C13H17BrF3NO/c1-4-11(8(2)3)18-9-5-6-12(10(14)7-9)19-13(15,16)17/h5-8,11,18H,4H2,1-3H3. The molecule has 108 valence electrons. The summed E-state index contributed by atoms with van der Waals surface area (Å²) >= 11 is 3.08. The Balaban J connectivity index is 2.82. The first kappa shape index (κ1) is 16.1. The van der Waals surface area contributed by atoms with Crippen LogP contribution in [0.2, 0.25) is 0 Å². The SMILES string of the molecule is CCC(Nc1ccc(OC(F)(F)F)c(Br)c1)C(C)C. The maximum Gasteiger partial charge on any atom is 0.573 e. The lowest BCUT2D eigenvalue weighted by Gasteiger charge is -2.22. The summed E-state index contributed by atoms with van der Waals surface area (Å²) < 4.78 is 40.6. The van der Waals surface area contributed by atoms with Gasteiger partial charge in [-0.15, -0.1) is 13.2 Å². The van der Waals surface area contributed by atoms with E-state index in [1.807, 2.05) is 0 Å². The van der Waals surface area contributed by atoms with E-state index in [4.69, 9.17) is 0 Å². The Labute approximate surface area is 119 Å². The van der Waals surface area contributed by atoms with E-state index < -0.39 is 6.36 Å². The number of hydrogen-bond donors (Lipinski definition) is 1. The number of rotatable bonds is 5. The molecular weight excluding hydrogens is 323 g/mol. The monoisotopic (exact) mass is 339 g/mol. The minimum absolute atomic E-state index is 0.240. The Kier molecular flexibility index (Phi) is 5.52. The maximum atomic E-state index is 12.1. The van der Waals surface area contributed by atoms with Gasteiger partial charge < -0.3 is 10.1 Å². The zero-order valence-electron chi connectivity index (χ0n) is 11.0. The first-order chi connectivity index (χ1) is 8.73. The fraction of sp³-hybridized carbons (Fsp3) is 0.538. The number of ether oxygens (including phenoxy) is 1. The Morgan fingerprint density at radius 3 is 2.37 bits per heavy atom. The van der Waals surface area contributed by atoms with Crippen LogP contribution in [-0.4, -0.2) is 12.4 Å². The highest BCUT2D eigenvalue weighted by atomic mass is 79.9. The number of nitrogens with one attached hydrogen (secondary N) is 1. The van der Waals surface area contributed by atoms with Gasteiger partial charge in [-0.05, 0) is 46.5 Å². The van der Waals surface area contributed by atoms with Gasteiger partial charge in [-0.2, -0.15) is 0 Å². The third kappa shape index (κ3) is 5.30. The molecule has 1 rings (SSSR count). The summed E-state index contributed by atoms with van der Waals surface area (Å²) in [5, 5.41) is 3.29. The van der Waals surface area contributed by atoms with Gasteiger partial charge in [-0.1, -0.05) is 20.8 Å². The van der Waals surface area contributed by atoms with E-state index in [1.54, 1.807) is 12.1 Å². The number of anilines is 1. The Bertz CT molecular complexity index is 421. The molecule has 0 spiro atoms. The second-order valence-electron chi connectivity index (χ2n) is 4.60. The molecule has 0 aliphatic rings. The van der Waals surface area contributed by atoms with Gasteiger partial charge in [0.25, 0.3) is 0 Å². The smallest absolute Gasteiger partial charge is 0.405 e. The summed E-state index contributed by atoms with van der Waals surface area (Å²) in [5.41, 5.74) is 0.766. The molecule has 1 atom stereocenters. The van der Waals surface area contributed by atoms with Gasteiger partial charge in [0.15, 0.2) is 0 Å². The van der Waals surface area contributed by atoms with Crippen molar-refractivity contribution >= 4 is 21.6 Å². The summed E-state index contributed by atoms with van der Waals surface area (Å²) in [5.74, 6) is 0.200. The molecule has 19 heavy (non-hydrogen) atoms. The van der Waals surface area contributed by atoms with E-state index in [9.17, 15) is 13.2 Å². The van der Waals surface area contributed by atoms with Crippen LogP contribution in [0.4, 0.5) is 18.9 Å². The van der Waals surface area contributed by atoms with Gasteiger partial charge in [0, 0.05) is 11.7 Å². The van der Waals surface area contributed by atoms with Crippen molar-refractivity contribution in [1.29, 1.82) is 0 Å². The largest absolute Gasteiger partial charge is 0.573 e. The molecule has 0 amide bonds. The van der Waals surface area contributed by atoms with E-state index in [2.05, 4.69) is 46.8 Å². The highest BCUT2D eigenvalue weighted by Crippen LogP contribution is 2.32. The van der Waals surface area contributed by atoms with Crippen molar-refractivity contribution in [3.05, 3.63) is 22.7 Å². The lowest BCUT2D eigenvalue weighted by atomic mass is 10.0. The third-order valence-corrected chi connectivity index (χ3v) is 3.37. The number of halogens is 4. The average molecular weight is 340 g/mol. The van der Waals surface area contributed by atoms with Gasteiger partial charge in [-0.3, -0.25) is 0 Å². The first-order valence-corrected chi connectivity index (χ1v) is 6.84. The quantitative estimate of drug-likeness (QED) is 0.796. The molecule has 0 fully saturated rings. The summed E-state index contributed by atoms with van der Waals surface area (Å²) in [6.07, 6.45) is -3.74. The maximum absolute atomic E-state index is 12.1. The van der Waals surface area contributed by atoms with Crippen molar-refractivity contribution in [2.75, 3.05) is 5.32 Å². The van der Waals surface area contributed by atoms with Crippen molar-refractivity contribution in [2.24, 2.45) is 5.92 Å². The Morgan fingerprint density at radius 2 is 1.95 bits per heavy atom. The van der Waals surface area contributed by atoms with Crippen LogP contribution in [0, 0.1) is 5.92 Å². The van der Waals surface area contributed by atoms with E-state index in [0.717, 1.165) is 12.1 Å². The predicted octanol–water partition coefficient (Wildman–Crippen LogP) is 5.19. The van der Waals surface area contributed by atoms with Crippen LogP contribution in [0.1, 0.15) is 27.2 Å². The second-order valence-corrected chi connectivity index (χ2v) is 5.45. The molecular formula is C13H17BrF3NO. The molecule has 0 radical (unpaired) electrons. The van der Waals surface area contributed by atoms with Crippen LogP contribution in [0.5, 0.6) is 5.75 Å². The van der Waals surface area contributed by atoms with Crippen LogP contribution in [0.15, 0.2) is 22.7 Å². The second kappa shape index (κ2) is 6.50. The van der Waals surface area contributed by atoms with Gasteiger partial charge in [-0.25, -0.2) is 0 Å². The summed E-state index contributed by atoms with van der Waals surface area (Å²) in [4.78, 5) is 0. The molecule has 1 N–H and O–H groups in total. The molecule has 2 nitrogen and oxygen atoms in total. The fourth-order valence-electron chi connectivity index (χ4n) is 1.75. The van der Waals surface area contributed by atoms with Crippen molar-refractivity contribution in [3.8, 4) is 5.75 Å². The number of hydrogen-bond acceptors (Lipinski definition) is 2. The van der Waals surface area contributed by atoms with Gasteiger partial charge in [0.1, 0.15) is 5.75 Å². The zero-order chi connectivity index (χ0) is 14.6. The van der Waals surface area contributed by atoms with Crippen LogP contribution in [0.25, 0.3) is 0 Å². The molecule has 1 aromatic rings. The van der Waals surface area contributed by atoms with Crippen molar-refractivity contribution in [3.63, 3.8) is 0 Å². The van der Waals surface area contributed by atoms with Gasteiger partial charge in [0.05, 0.1) is 4.47 Å². The van der Waals surface area contributed by atoms with Crippen molar-refractivity contribution in [1.82, 2.24) is 0 Å². The summed E-state index contributed by atoms with van der Waals surface area (Å²) in [6, 6.07) is 4.75. The van der Waals surface area contributed by atoms with Crippen LogP contribution >= 0.6 is 15.9 Å².